The summed E-state index contributed by atoms with van der Waals surface area (Å²) in [4.78, 5) is 26.6. The molecule has 7 heteroatoms. The van der Waals surface area contributed by atoms with Crippen molar-refractivity contribution < 1.29 is 38.3 Å². The molecule has 0 bridgehead atoms. The molecular formula is C13H17LiN2O4. The minimum absolute atomic E-state index is 0. The van der Waals surface area contributed by atoms with Crippen molar-refractivity contribution in [3.63, 3.8) is 0 Å². The molecule has 0 aromatic carbocycles. The van der Waals surface area contributed by atoms with Crippen LogP contribution in [-0.2, 0) is 9.53 Å². The molecule has 0 spiro atoms. The zero-order valence-corrected chi connectivity index (χ0v) is 12.4. The van der Waals surface area contributed by atoms with Gasteiger partial charge in [0.15, 0.2) is 0 Å². The van der Waals surface area contributed by atoms with E-state index in [0.717, 1.165) is 5.56 Å². The van der Waals surface area contributed by atoms with E-state index in [9.17, 15) is 14.7 Å². The Morgan fingerprint density at radius 3 is 2.35 bits per heavy atom. The van der Waals surface area contributed by atoms with Crippen molar-refractivity contribution in [3.8, 4) is 0 Å². The van der Waals surface area contributed by atoms with E-state index in [0.29, 0.717) is 0 Å². The molecule has 1 heterocycles. The van der Waals surface area contributed by atoms with E-state index in [2.05, 4.69) is 10.3 Å². The molecule has 0 radical (unpaired) electrons. The smallest absolute Gasteiger partial charge is 0.547 e. The molecule has 1 amide bonds. The van der Waals surface area contributed by atoms with Crippen LogP contribution < -0.4 is 29.3 Å². The first-order valence-electron chi connectivity index (χ1n) is 5.82. The molecule has 1 unspecified atom stereocenters. The molecule has 20 heavy (non-hydrogen) atoms. The van der Waals surface area contributed by atoms with Crippen LogP contribution in [0, 0.1) is 6.92 Å². The molecular weight excluding hydrogens is 255 g/mol. The monoisotopic (exact) mass is 272 g/mol. The summed E-state index contributed by atoms with van der Waals surface area (Å²) in [6, 6.07) is 1.89. The molecule has 0 fully saturated rings. The first-order valence-corrected chi connectivity index (χ1v) is 5.82. The number of pyridine rings is 1. The number of nitrogens with one attached hydrogen (secondary N) is 1. The summed E-state index contributed by atoms with van der Waals surface area (Å²) < 4.78 is 4.99. The third kappa shape index (κ3) is 6.09. The second-order valence-corrected chi connectivity index (χ2v) is 5.16. The molecule has 6 nitrogen and oxygen atoms in total. The largest absolute Gasteiger partial charge is 1.00 e. The molecule has 1 rings (SSSR count). The minimum Gasteiger partial charge on any atom is -0.547 e. The van der Waals surface area contributed by atoms with Gasteiger partial charge in [-0.15, -0.1) is 0 Å². The van der Waals surface area contributed by atoms with Crippen molar-refractivity contribution >= 4 is 12.1 Å². The summed E-state index contributed by atoms with van der Waals surface area (Å²) in [5.74, 6) is -1.44. The fourth-order valence-corrected chi connectivity index (χ4v) is 1.33. The maximum absolute atomic E-state index is 11.6. The number of carboxylic acid groups (broad SMARTS) is 1. The Hall–Kier alpha value is -1.51. The summed E-state index contributed by atoms with van der Waals surface area (Å²) in [6.07, 6.45) is 0.686. The van der Waals surface area contributed by atoms with Crippen LogP contribution in [0.4, 0.5) is 4.79 Å². The van der Waals surface area contributed by atoms with Crippen LogP contribution in [0.1, 0.15) is 38.1 Å². The Morgan fingerprint density at radius 1 is 1.35 bits per heavy atom. The standard InChI is InChI=1S/C13H18N2O4.Li/c1-8-5-6-9(14-7-8)10(11(16)17)15-12(18)19-13(2,3)4;/h5-7,10H,1-4H3,(H,15,18)(H,16,17);/q;+1/p-1. The number of aliphatic carboxylic acids is 1. The zero-order chi connectivity index (χ0) is 14.6. The van der Waals surface area contributed by atoms with Gasteiger partial charge >= 0.3 is 25.0 Å². The van der Waals surface area contributed by atoms with Gasteiger partial charge in [0, 0.05) is 6.20 Å². The van der Waals surface area contributed by atoms with Crippen LogP contribution in [-0.4, -0.2) is 22.6 Å². The number of hydrogen-bond donors (Lipinski definition) is 1. The summed E-state index contributed by atoms with van der Waals surface area (Å²) >= 11 is 0. The van der Waals surface area contributed by atoms with Crippen molar-refractivity contribution in [1.82, 2.24) is 10.3 Å². The predicted molar refractivity (Wildman–Crippen MR) is 66.1 cm³/mol. The van der Waals surface area contributed by atoms with Crippen molar-refractivity contribution in [1.29, 1.82) is 0 Å². The molecule has 1 atom stereocenters. The van der Waals surface area contributed by atoms with Crippen LogP contribution >= 0.6 is 0 Å². The van der Waals surface area contributed by atoms with Gasteiger partial charge in [0.2, 0.25) is 0 Å². The van der Waals surface area contributed by atoms with Crippen molar-refractivity contribution in [2.45, 2.75) is 39.3 Å². The Kier molecular flexibility index (Phi) is 6.76. The number of alkyl carbamates (subject to hydrolysis) is 1. The molecule has 0 aliphatic rings. The maximum Gasteiger partial charge on any atom is 1.00 e. The molecule has 1 aromatic rings. The third-order valence-corrected chi connectivity index (χ3v) is 2.13. The number of amides is 1. The summed E-state index contributed by atoms with van der Waals surface area (Å²) in [7, 11) is 0. The van der Waals surface area contributed by atoms with Crippen LogP contribution in [0.3, 0.4) is 0 Å². The predicted octanol–water partition coefficient (Wildman–Crippen LogP) is -2.29. The second-order valence-electron chi connectivity index (χ2n) is 5.16. The number of carboxylic acids is 1. The topological polar surface area (TPSA) is 91.3 Å². The van der Waals surface area contributed by atoms with Gasteiger partial charge in [0.1, 0.15) is 11.6 Å². The number of carbonyl (C=O) groups is 2. The molecule has 0 aliphatic heterocycles. The van der Waals surface area contributed by atoms with Crippen LogP contribution in [0.5, 0.6) is 0 Å². The summed E-state index contributed by atoms with van der Waals surface area (Å²) in [5.41, 5.74) is 0.371. The third-order valence-electron chi connectivity index (χ3n) is 2.13. The van der Waals surface area contributed by atoms with Crippen LogP contribution in [0.25, 0.3) is 0 Å². The van der Waals surface area contributed by atoms with Gasteiger partial charge in [-0.3, -0.25) is 4.98 Å². The molecule has 1 aromatic heterocycles. The number of nitrogens with zero attached hydrogens (tertiary/aromatic N) is 1. The number of ether oxygens (including phenoxy) is 1. The Labute approximate surface area is 130 Å². The second kappa shape index (κ2) is 7.32. The molecule has 104 valence electrons. The average Bonchev–Trinajstić information content (AvgIpc) is 2.24. The maximum atomic E-state index is 11.6. The minimum atomic E-state index is -1.44. The first kappa shape index (κ1) is 18.5. The van der Waals surface area contributed by atoms with E-state index >= 15 is 0 Å². The van der Waals surface area contributed by atoms with E-state index in [1.807, 2.05) is 6.92 Å². The van der Waals surface area contributed by atoms with Crippen molar-refractivity contribution in [3.05, 3.63) is 29.6 Å². The zero-order valence-electron chi connectivity index (χ0n) is 12.4. The summed E-state index contributed by atoms with van der Waals surface area (Å²) in [6.45, 7) is 6.88. The fourth-order valence-electron chi connectivity index (χ4n) is 1.33. The first-order chi connectivity index (χ1) is 8.69. The summed E-state index contributed by atoms with van der Waals surface area (Å²) in [5, 5.41) is 13.3. The van der Waals surface area contributed by atoms with E-state index < -0.39 is 23.7 Å². The number of hydrogen-bond acceptors (Lipinski definition) is 5. The SMILES string of the molecule is Cc1ccc(C(NC(=O)OC(C)(C)C)C(=O)[O-])nc1.[Li+]. The van der Waals surface area contributed by atoms with E-state index in [-0.39, 0.29) is 24.6 Å². The van der Waals surface area contributed by atoms with Gasteiger partial charge in [0.05, 0.1) is 11.7 Å². The molecule has 1 N–H and O–H groups in total. The van der Waals surface area contributed by atoms with E-state index in [4.69, 9.17) is 4.74 Å². The molecule has 0 saturated heterocycles. The van der Waals surface area contributed by atoms with E-state index in [1.54, 1.807) is 26.8 Å². The fraction of sp³-hybridized carbons (Fsp3) is 0.462. The number of aromatic nitrogens is 1. The van der Waals surface area contributed by atoms with Gasteiger partial charge in [0.25, 0.3) is 0 Å². The van der Waals surface area contributed by atoms with E-state index in [1.165, 1.54) is 12.3 Å². The van der Waals surface area contributed by atoms with Crippen LogP contribution in [0.15, 0.2) is 18.3 Å². The van der Waals surface area contributed by atoms with Gasteiger partial charge in [-0.25, -0.2) is 4.79 Å². The number of carbonyl (C=O) groups excluding carboxylic acids is 2. The Bertz CT molecular complexity index is 468. The number of rotatable bonds is 3. The van der Waals surface area contributed by atoms with Crippen molar-refractivity contribution in [2.75, 3.05) is 0 Å². The average molecular weight is 272 g/mol. The van der Waals surface area contributed by atoms with Gasteiger partial charge in [-0.1, -0.05) is 6.07 Å². The molecule has 0 aliphatic carbocycles. The normalized spacial score (nSPS) is 12.0. The quantitative estimate of drug-likeness (QED) is 0.625. The Balaban J connectivity index is 0.00000361. The van der Waals surface area contributed by atoms with Gasteiger partial charge < -0.3 is 20.0 Å². The number of aryl methyl sites for hydroxylation is 1. The van der Waals surface area contributed by atoms with Crippen LogP contribution in [0.2, 0.25) is 0 Å². The van der Waals surface area contributed by atoms with Crippen molar-refractivity contribution in [2.24, 2.45) is 0 Å². The molecule has 0 saturated carbocycles. The Morgan fingerprint density at radius 2 is 1.95 bits per heavy atom. The van der Waals surface area contributed by atoms with Gasteiger partial charge in [-0.2, -0.15) is 0 Å². The van der Waals surface area contributed by atoms with Gasteiger partial charge in [-0.05, 0) is 39.3 Å².